The van der Waals surface area contributed by atoms with E-state index in [0.29, 0.717) is 19.4 Å². The van der Waals surface area contributed by atoms with Gasteiger partial charge in [-0.15, -0.1) is 0 Å². The summed E-state index contributed by atoms with van der Waals surface area (Å²) in [6.07, 6.45) is 0.918. The van der Waals surface area contributed by atoms with Crippen LogP contribution in [0.3, 0.4) is 0 Å². The SMILES string of the molecule is CC(C)C[C@H]1C(=O)N2CCN1C(=O)CN(C)C(=O)CN(C)C(=O)CNC(=O)[C@@H]2CC(C)C. The standard InChI is InChI=1S/C22H37N5O5/c1-14(2)9-16-21(31)23-11-18(28)24(5)12-19(29)25(6)13-20(30)26-7-8-27(16)22(32)17(26)10-15(3)4/h14-17H,7-13H2,1-6H3,(H,23,31)/t16-,17-/m0/s1. The van der Waals surface area contributed by atoms with Crippen molar-refractivity contribution in [3.63, 3.8) is 0 Å². The van der Waals surface area contributed by atoms with Crippen LogP contribution in [-0.2, 0) is 24.0 Å². The normalized spacial score (nSPS) is 24.4. The van der Waals surface area contributed by atoms with Crippen LogP contribution in [0.1, 0.15) is 40.5 Å². The van der Waals surface area contributed by atoms with Crippen molar-refractivity contribution in [2.75, 3.05) is 46.8 Å². The number of piperazine rings is 1. The minimum absolute atomic E-state index is 0.147. The van der Waals surface area contributed by atoms with E-state index in [0.717, 1.165) is 0 Å². The molecule has 3 fully saturated rings. The van der Waals surface area contributed by atoms with Gasteiger partial charge in [0.15, 0.2) is 0 Å². The average molecular weight is 452 g/mol. The minimum Gasteiger partial charge on any atom is -0.345 e. The zero-order valence-electron chi connectivity index (χ0n) is 20.1. The van der Waals surface area contributed by atoms with Crippen LogP contribution < -0.4 is 5.32 Å². The number of carbonyl (C=O) groups is 5. The van der Waals surface area contributed by atoms with Gasteiger partial charge in [-0.1, -0.05) is 27.7 Å². The summed E-state index contributed by atoms with van der Waals surface area (Å²) in [5.74, 6) is -1.47. The van der Waals surface area contributed by atoms with Crippen LogP contribution in [0.2, 0.25) is 0 Å². The van der Waals surface area contributed by atoms with Gasteiger partial charge in [-0.05, 0) is 24.7 Å². The zero-order valence-corrected chi connectivity index (χ0v) is 20.1. The van der Waals surface area contributed by atoms with Gasteiger partial charge in [0.25, 0.3) is 0 Å². The van der Waals surface area contributed by atoms with Gasteiger partial charge in [-0.3, -0.25) is 24.0 Å². The van der Waals surface area contributed by atoms with Gasteiger partial charge in [0.05, 0.1) is 19.6 Å². The summed E-state index contributed by atoms with van der Waals surface area (Å²) in [4.78, 5) is 70.2. The zero-order chi connectivity index (χ0) is 24.2. The third-order valence-electron chi connectivity index (χ3n) is 5.92. The highest BCUT2D eigenvalue weighted by molar-refractivity contribution is 5.96. The third kappa shape index (κ3) is 6.20. The van der Waals surface area contributed by atoms with Crippen molar-refractivity contribution >= 4 is 29.5 Å². The number of likely N-dealkylation sites (N-methyl/N-ethyl adjacent to an activating group) is 2. The van der Waals surface area contributed by atoms with Crippen molar-refractivity contribution < 1.29 is 24.0 Å². The lowest BCUT2D eigenvalue weighted by atomic mass is 9.95. The first-order valence-corrected chi connectivity index (χ1v) is 11.3. The van der Waals surface area contributed by atoms with E-state index in [-0.39, 0.29) is 49.8 Å². The molecular weight excluding hydrogens is 414 g/mol. The molecule has 0 saturated carbocycles. The van der Waals surface area contributed by atoms with Gasteiger partial charge in [0.1, 0.15) is 12.1 Å². The summed E-state index contributed by atoms with van der Waals surface area (Å²) < 4.78 is 0. The molecule has 2 bridgehead atoms. The van der Waals surface area contributed by atoms with Gasteiger partial charge in [-0.2, -0.15) is 0 Å². The number of rotatable bonds is 4. The third-order valence-corrected chi connectivity index (χ3v) is 5.92. The molecule has 3 heterocycles. The van der Waals surface area contributed by atoms with Crippen molar-refractivity contribution in [1.82, 2.24) is 24.9 Å². The molecule has 3 aliphatic rings. The van der Waals surface area contributed by atoms with Crippen LogP contribution in [0.15, 0.2) is 0 Å². The molecule has 3 aliphatic heterocycles. The summed E-state index contributed by atoms with van der Waals surface area (Å²) in [5.41, 5.74) is 0. The number of hydrogen-bond acceptors (Lipinski definition) is 5. The molecule has 10 heteroatoms. The van der Waals surface area contributed by atoms with E-state index >= 15 is 0 Å². The highest BCUT2D eigenvalue weighted by Crippen LogP contribution is 2.23. The molecular formula is C22H37N5O5. The Bertz CT molecular complexity index is 753. The highest BCUT2D eigenvalue weighted by atomic mass is 16.2. The Balaban J connectivity index is 2.44. The molecule has 3 rings (SSSR count). The van der Waals surface area contributed by atoms with E-state index in [1.807, 2.05) is 27.7 Å². The average Bonchev–Trinajstić information content (AvgIpc) is 2.70. The fraction of sp³-hybridized carbons (Fsp3) is 0.773. The maximum atomic E-state index is 13.5. The second-order valence-electron chi connectivity index (χ2n) is 9.63. The van der Waals surface area contributed by atoms with E-state index in [1.165, 1.54) is 23.9 Å². The predicted octanol–water partition coefficient (Wildman–Crippen LogP) is -0.467. The summed E-state index contributed by atoms with van der Waals surface area (Å²) in [5, 5.41) is 2.65. The maximum Gasteiger partial charge on any atom is 0.246 e. The fourth-order valence-electron chi connectivity index (χ4n) is 4.12. The van der Waals surface area contributed by atoms with Crippen molar-refractivity contribution in [2.45, 2.75) is 52.6 Å². The largest absolute Gasteiger partial charge is 0.345 e. The van der Waals surface area contributed by atoms with Gasteiger partial charge in [0, 0.05) is 27.2 Å². The van der Waals surface area contributed by atoms with Crippen molar-refractivity contribution in [2.24, 2.45) is 11.8 Å². The van der Waals surface area contributed by atoms with Crippen molar-refractivity contribution in [3.8, 4) is 0 Å². The molecule has 0 aromatic rings. The summed E-state index contributed by atoms with van der Waals surface area (Å²) >= 11 is 0. The van der Waals surface area contributed by atoms with E-state index in [4.69, 9.17) is 0 Å². The second kappa shape index (κ2) is 10.8. The number of carbonyl (C=O) groups excluding carboxylic acids is 5. The molecule has 0 aromatic heterocycles. The van der Waals surface area contributed by atoms with Gasteiger partial charge in [0.2, 0.25) is 29.5 Å². The molecule has 3 saturated heterocycles. The Hall–Kier alpha value is -2.65. The number of nitrogens with one attached hydrogen (secondary N) is 1. The quantitative estimate of drug-likeness (QED) is 0.581. The smallest absolute Gasteiger partial charge is 0.246 e. The number of nitrogens with zero attached hydrogens (tertiary/aromatic N) is 4. The van der Waals surface area contributed by atoms with Gasteiger partial charge < -0.3 is 24.9 Å². The monoisotopic (exact) mass is 451 g/mol. The molecule has 10 nitrogen and oxygen atoms in total. The lowest BCUT2D eigenvalue weighted by molar-refractivity contribution is -0.157. The summed E-state index contributed by atoms with van der Waals surface area (Å²) in [6, 6.07) is -1.40. The first-order valence-electron chi connectivity index (χ1n) is 11.3. The number of fused-ring (bicyclic) bond motifs is 12. The molecule has 0 spiro atoms. The Kier molecular flexibility index (Phi) is 8.63. The molecule has 2 atom stereocenters. The fourth-order valence-corrected chi connectivity index (χ4v) is 4.12. The molecule has 5 amide bonds. The Morgan fingerprint density at radius 3 is 1.84 bits per heavy atom. The Labute approximate surface area is 190 Å². The number of hydrogen-bond donors (Lipinski definition) is 1. The van der Waals surface area contributed by atoms with Crippen LogP contribution in [0.4, 0.5) is 0 Å². The van der Waals surface area contributed by atoms with E-state index in [9.17, 15) is 24.0 Å². The number of amides is 5. The lowest BCUT2D eigenvalue weighted by Gasteiger charge is -2.44. The second-order valence-corrected chi connectivity index (χ2v) is 9.63. The molecule has 180 valence electrons. The van der Waals surface area contributed by atoms with E-state index in [1.54, 1.807) is 9.80 Å². The molecule has 0 radical (unpaired) electrons. The lowest BCUT2D eigenvalue weighted by Crippen LogP contribution is -2.64. The van der Waals surface area contributed by atoms with Crippen LogP contribution >= 0.6 is 0 Å². The Morgan fingerprint density at radius 1 is 0.750 bits per heavy atom. The highest BCUT2D eigenvalue weighted by Gasteiger charge is 2.42. The summed E-state index contributed by atoms with van der Waals surface area (Å²) in [6.45, 7) is 7.80. The molecule has 0 aromatic carbocycles. The molecule has 0 aliphatic carbocycles. The minimum atomic E-state index is -0.720. The predicted molar refractivity (Wildman–Crippen MR) is 118 cm³/mol. The molecule has 32 heavy (non-hydrogen) atoms. The first kappa shape index (κ1) is 25.6. The molecule has 1 N–H and O–H groups in total. The van der Waals surface area contributed by atoms with Crippen LogP contribution in [0, 0.1) is 11.8 Å². The maximum absolute atomic E-state index is 13.5. The van der Waals surface area contributed by atoms with Crippen LogP contribution in [-0.4, -0.2) is 108 Å². The van der Waals surface area contributed by atoms with Crippen molar-refractivity contribution in [1.29, 1.82) is 0 Å². The van der Waals surface area contributed by atoms with Gasteiger partial charge in [-0.25, -0.2) is 0 Å². The summed E-state index contributed by atoms with van der Waals surface area (Å²) in [7, 11) is 2.98. The topological polar surface area (TPSA) is 110 Å². The van der Waals surface area contributed by atoms with E-state index < -0.39 is 29.8 Å². The van der Waals surface area contributed by atoms with Crippen molar-refractivity contribution in [3.05, 3.63) is 0 Å². The van der Waals surface area contributed by atoms with Gasteiger partial charge >= 0.3 is 0 Å². The van der Waals surface area contributed by atoms with Crippen LogP contribution in [0.25, 0.3) is 0 Å². The van der Waals surface area contributed by atoms with E-state index in [2.05, 4.69) is 5.32 Å². The Morgan fingerprint density at radius 2 is 1.25 bits per heavy atom. The molecule has 0 unspecified atom stereocenters. The first-order chi connectivity index (χ1) is 14.9. The van der Waals surface area contributed by atoms with Crippen LogP contribution in [0.5, 0.6) is 0 Å².